The molecule has 1 atom stereocenters. The van der Waals surface area contributed by atoms with E-state index in [0.717, 1.165) is 43.3 Å². The fourth-order valence-electron chi connectivity index (χ4n) is 2.64. The second-order valence-corrected chi connectivity index (χ2v) is 6.25. The molecule has 0 saturated heterocycles. The average molecular weight is 288 g/mol. The molecular formula is C16H20N2OS. The molecule has 1 N–H and O–H groups in total. The van der Waals surface area contributed by atoms with Crippen molar-refractivity contribution in [2.75, 3.05) is 19.7 Å². The number of hydrogen-bond acceptors (Lipinski definition) is 4. The summed E-state index contributed by atoms with van der Waals surface area (Å²) in [6.07, 6.45) is 2.11. The fourth-order valence-corrected chi connectivity index (χ4v) is 3.29. The summed E-state index contributed by atoms with van der Waals surface area (Å²) >= 11 is 1.73. The van der Waals surface area contributed by atoms with Gasteiger partial charge in [0.25, 0.3) is 0 Å². The minimum Gasteiger partial charge on any atom is -0.493 e. The Balaban J connectivity index is 1.50. The molecule has 2 aromatic rings. The molecule has 0 fully saturated rings. The van der Waals surface area contributed by atoms with E-state index in [0.29, 0.717) is 5.92 Å². The van der Waals surface area contributed by atoms with Crippen LogP contribution >= 0.6 is 11.3 Å². The molecule has 2 heterocycles. The Morgan fingerprint density at radius 3 is 3.15 bits per heavy atom. The van der Waals surface area contributed by atoms with Gasteiger partial charge in [0.05, 0.1) is 17.3 Å². The quantitative estimate of drug-likeness (QED) is 0.858. The predicted molar refractivity (Wildman–Crippen MR) is 82.7 cm³/mol. The maximum Gasteiger partial charge on any atom is 0.122 e. The number of fused-ring (bicyclic) bond motifs is 1. The zero-order valence-electron chi connectivity index (χ0n) is 11.8. The van der Waals surface area contributed by atoms with Gasteiger partial charge in [-0.05, 0) is 25.0 Å². The highest BCUT2D eigenvalue weighted by Gasteiger charge is 2.20. The van der Waals surface area contributed by atoms with E-state index in [-0.39, 0.29) is 0 Å². The summed E-state index contributed by atoms with van der Waals surface area (Å²) in [6.45, 7) is 4.89. The molecule has 0 amide bonds. The van der Waals surface area contributed by atoms with E-state index in [9.17, 15) is 0 Å². The molecule has 1 unspecified atom stereocenters. The van der Waals surface area contributed by atoms with Crippen LogP contribution in [0.5, 0.6) is 5.75 Å². The Morgan fingerprint density at radius 1 is 1.40 bits per heavy atom. The lowest BCUT2D eigenvalue weighted by molar-refractivity contribution is 0.265. The molecule has 0 bridgehead atoms. The number of nitrogens with one attached hydrogen (secondary N) is 1. The number of nitrogens with zero attached hydrogens (tertiary/aromatic N) is 1. The number of para-hydroxylation sites is 1. The minimum atomic E-state index is 0.567. The minimum absolute atomic E-state index is 0.567. The molecule has 1 aromatic carbocycles. The van der Waals surface area contributed by atoms with Crippen LogP contribution in [0.15, 0.2) is 29.6 Å². The second kappa shape index (κ2) is 6.37. The molecular weight excluding hydrogens is 268 g/mol. The summed E-state index contributed by atoms with van der Waals surface area (Å²) in [5, 5.41) is 6.87. The third-order valence-electron chi connectivity index (χ3n) is 3.70. The smallest absolute Gasteiger partial charge is 0.122 e. The number of aromatic nitrogens is 1. The normalized spacial score (nSPS) is 17.6. The molecule has 0 spiro atoms. The standard InChI is InChI=1S/C16H20N2OS/c1-12-18-14(11-20-12)6-8-17-10-13-7-9-19-16-5-3-2-4-15(13)16/h2-5,11,13,17H,6-10H2,1H3. The fraction of sp³-hybridized carbons (Fsp3) is 0.438. The molecule has 0 aliphatic carbocycles. The van der Waals surface area contributed by atoms with Crippen LogP contribution in [0, 0.1) is 6.92 Å². The van der Waals surface area contributed by atoms with Crippen LogP contribution < -0.4 is 10.1 Å². The third kappa shape index (κ3) is 3.19. The Labute approximate surface area is 124 Å². The summed E-state index contributed by atoms with van der Waals surface area (Å²) in [7, 11) is 0. The first-order chi connectivity index (χ1) is 9.83. The lowest BCUT2D eigenvalue weighted by Crippen LogP contribution is -2.27. The molecule has 20 heavy (non-hydrogen) atoms. The van der Waals surface area contributed by atoms with E-state index in [1.807, 2.05) is 6.07 Å². The van der Waals surface area contributed by atoms with Gasteiger partial charge in [-0.15, -0.1) is 11.3 Å². The number of rotatable bonds is 5. The second-order valence-electron chi connectivity index (χ2n) is 5.18. The van der Waals surface area contributed by atoms with Gasteiger partial charge in [0.1, 0.15) is 5.75 Å². The topological polar surface area (TPSA) is 34.2 Å². The van der Waals surface area contributed by atoms with Crippen molar-refractivity contribution in [3.8, 4) is 5.75 Å². The van der Waals surface area contributed by atoms with Gasteiger partial charge >= 0.3 is 0 Å². The molecule has 1 aliphatic rings. The molecule has 106 valence electrons. The summed E-state index contributed by atoms with van der Waals surface area (Å²) in [6, 6.07) is 8.39. The van der Waals surface area contributed by atoms with Crippen molar-refractivity contribution >= 4 is 11.3 Å². The van der Waals surface area contributed by atoms with Crippen molar-refractivity contribution in [1.82, 2.24) is 10.3 Å². The number of hydrogen-bond donors (Lipinski definition) is 1. The van der Waals surface area contributed by atoms with Crippen molar-refractivity contribution < 1.29 is 4.74 Å². The van der Waals surface area contributed by atoms with E-state index in [2.05, 4.69) is 40.8 Å². The zero-order chi connectivity index (χ0) is 13.8. The van der Waals surface area contributed by atoms with Crippen LogP contribution in [-0.4, -0.2) is 24.7 Å². The highest BCUT2D eigenvalue weighted by molar-refractivity contribution is 7.09. The SMILES string of the molecule is Cc1nc(CCNCC2CCOc3ccccc32)cs1. The zero-order valence-corrected chi connectivity index (χ0v) is 12.6. The van der Waals surface area contributed by atoms with Crippen LogP contribution in [-0.2, 0) is 6.42 Å². The lowest BCUT2D eigenvalue weighted by atomic mass is 9.93. The first kappa shape index (κ1) is 13.6. The van der Waals surface area contributed by atoms with Crippen LogP contribution in [0.3, 0.4) is 0 Å². The van der Waals surface area contributed by atoms with Gasteiger partial charge in [-0.2, -0.15) is 0 Å². The van der Waals surface area contributed by atoms with Crippen LogP contribution in [0.25, 0.3) is 0 Å². The Bertz CT molecular complexity index is 567. The van der Waals surface area contributed by atoms with E-state index in [1.165, 1.54) is 11.3 Å². The average Bonchev–Trinajstić information content (AvgIpc) is 2.89. The van der Waals surface area contributed by atoms with Gasteiger partial charge < -0.3 is 10.1 Å². The van der Waals surface area contributed by atoms with Gasteiger partial charge in [0.15, 0.2) is 0 Å². The van der Waals surface area contributed by atoms with Crippen molar-refractivity contribution in [3.05, 3.63) is 45.9 Å². The molecule has 1 aliphatic heterocycles. The highest BCUT2D eigenvalue weighted by atomic mass is 32.1. The summed E-state index contributed by atoms with van der Waals surface area (Å²) in [4.78, 5) is 4.49. The number of aryl methyl sites for hydroxylation is 1. The van der Waals surface area contributed by atoms with Gasteiger partial charge in [-0.1, -0.05) is 18.2 Å². The van der Waals surface area contributed by atoms with Gasteiger partial charge in [0.2, 0.25) is 0 Å². The predicted octanol–water partition coefficient (Wildman–Crippen LogP) is 3.15. The molecule has 1 aromatic heterocycles. The number of thiazole rings is 1. The maximum atomic E-state index is 5.70. The van der Waals surface area contributed by atoms with Crippen molar-refractivity contribution in [1.29, 1.82) is 0 Å². The number of benzene rings is 1. The van der Waals surface area contributed by atoms with Crippen LogP contribution in [0.1, 0.15) is 28.6 Å². The molecule has 0 saturated carbocycles. The Morgan fingerprint density at radius 2 is 2.30 bits per heavy atom. The van der Waals surface area contributed by atoms with Crippen molar-refractivity contribution in [3.63, 3.8) is 0 Å². The van der Waals surface area contributed by atoms with Crippen molar-refractivity contribution in [2.24, 2.45) is 0 Å². The molecule has 0 radical (unpaired) electrons. The Kier molecular flexibility index (Phi) is 4.33. The highest BCUT2D eigenvalue weighted by Crippen LogP contribution is 2.32. The van der Waals surface area contributed by atoms with Gasteiger partial charge in [0, 0.05) is 30.8 Å². The van der Waals surface area contributed by atoms with E-state index in [1.54, 1.807) is 11.3 Å². The van der Waals surface area contributed by atoms with Crippen LogP contribution in [0.2, 0.25) is 0 Å². The van der Waals surface area contributed by atoms with Crippen molar-refractivity contribution in [2.45, 2.75) is 25.7 Å². The first-order valence-corrected chi connectivity index (χ1v) is 8.04. The molecule has 3 rings (SSSR count). The summed E-state index contributed by atoms with van der Waals surface area (Å²) < 4.78 is 5.70. The lowest BCUT2D eigenvalue weighted by Gasteiger charge is -2.26. The summed E-state index contributed by atoms with van der Waals surface area (Å²) in [5.41, 5.74) is 2.54. The molecule has 4 heteroatoms. The third-order valence-corrected chi connectivity index (χ3v) is 4.52. The van der Waals surface area contributed by atoms with E-state index >= 15 is 0 Å². The largest absolute Gasteiger partial charge is 0.493 e. The van der Waals surface area contributed by atoms with E-state index < -0.39 is 0 Å². The van der Waals surface area contributed by atoms with Gasteiger partial charge in [-0.25, -0.2) is 4.98 Å². The molecule has 3 nitrogen and oxygen atoms in total. The summed E-state index contributed by atoms with van der Waals surface area (Å²) in [5.74, 6) is 1.62. The van der Waals surface area contributed by atoms with E-state index in [4.69, 9.17) is 4.74 Å². The maximum absolute atomic E-state index is 5.70. The first-order valence-electron chi connectivity index (χ1n) is 7.16. The Hall–Kier alpha value is -1.39. The van der Waals surface area contributed by atoms with Gasteiger partial charge in [-0.3, -0.25) is 0 Å². The van der Waals surface area contributed by atoms with Crippen LogP contribution in [0.4, 0.5) is 0 Å². The number of ether oxygens (including phenoxy) is 1. The monoisotopic (exact) mass is 288 g/mol.